The molecule has 1 aromatic heterocycles. The van der Waals surface area contributed by atoms with E-state index in [-0.39, 0.29) is 11.7 Å². The van der Waals surface area contributed by atoms with E-state index in [0.29, 0.717) is 29.1 Å². The fourth-order valence-electron chi connectivity index (χ4n) is 2.05. The van der Waals surface area contributed by atoms with Gasteiger partial charge in [-0.05, 0) is 30.0 Å². The van der Waals surface area contributed by atoms with Crippen molar-refractivity contribution in [2.75, 3.05) is 6.54 Å². The molecular weight excluding hydrogens is 339 g/mol. The van der Waals surface area contributed by atoms with Crippen LogP contribution in [0, 0.1) is 5.92 Å². The van der Waals surface area contributed by atoms with Crippen LogP contribution in [-0.4, -0.2) is 32.5 Å². The number of hydrogen-bond donors (Lipinski definition) is 2. The van der Waals surface area contributed by atoms with Gasteiger partial charge in [0.1, 0.15) is 0 Å². The maximum Gasteiger partial charge on any atom is 0.341 e. The van der Waals surface area contributed by atoms with Crippen molar-refractivity contribution in [3.63, 3.8) is 0 Å². The third-order valence-electron chi connectivity index (χ3n) is 3.32. The van der Waals surface area contributed by atoms with Crippen LogP contribution in [0.1, 0.15) is 36.5 Å². The SMILES string of the molecule is CC(C)CCN(Cc1ccc(Cl)c(Cl)c1)C(=O)c1n[nH]c(=O)[nH]1. The van der Waals surface area contributed by atoms with Gasteiger partial charge in [-0.3, -0.25) is 9.78 Å². The molecule has 1 heterocycles. The van der Waals surface area contributed by atoms with Crippen LogP contribution in [0.25, 0.3) is 0 Å². The molecule has 0 unspecified atom stereocenters. The van der Waals surface area contributed by atoms with Gasteiger partial charge in [0, 0.05) is 13.1 Å². The number of nitrogens with zero attached hydrogens (tertiary/aromatic N) is 2. The van der Waals surface area contributed by atoms with Gasteiger partial charge in [-0.25, -0.2) is 9.89 Å². The summed E-state index contributed by atoms with van der Waals surface area (Å²) < 4.78 is 0. The van der Waals surface area contributed by atoms with E-state index in [0.717, 1.165) is 12.0 Å². The number of nitrogens with one attached hydrogen (secondary N) is 2. The number of H-pyrrole nitrogens is 2. The molecule has 2 aromatic rings. The van der Waals surface area contributed by atoms with Crippen molar-refractivity contribution >= 4 is 29.1 Å². The lowest BCUT2D eigenvalue weighted by molar-refractivity contribution is 0.0723. The molecule has 2 rings (SSSR count). The van der Waals surface area contributed by atoms with E-state index in [1.54, 1.807) is 17.0 Å². The van der Waals surface area contributed by atoms with Gasteiger partial charge in [0.2, 0.25) is 5.82 Å². The largest absolute Gasteiger partial charge is 0.341 e. The Bertz CT molecular complexity index is 739. The number of amides is 1. The minimum atomic E-state index is -0.508. The summed E-state index contributed by atoms with van der Waals surface area (Å²) in [6.07, 6.45) is 0.835. The highest BCUT2D eigenvalue weighted by Crippen LogP contribution is 2.23. The fourth-order valence-corrected chi connectivity index (χ4v) is 2.37. The first-order valence-electron chi connectivity index (χ1n) is 7.24. The highest BCUT2D eigenvalue weighted by Gasteiger charge is 2.20. The van der Waals surface area contributed by atoms with Crippen LogP contribution in [0.4, 0.5) is 0 Å². The third-order valence-corrected chi connectivity index (χ3v) is 4.06. The summed E-state index contributed by atoms with van der Waals surface area (Å²) >= 11 is 11.9. The summed E-state index contributed by atoms with van der Waals surface area (Å²) in [6, 6.07) is 5.24. The van der Waals surface area contributed by atoms with Gasteiger partial charge in [-0.2, -0.15) is 0 Å². The van der Waals surface area contributed by atoms with Gasteiger partial charge in [0.25, 0.3) is 5.91 Å². The molecule has 1 amide bonds. The van der Waals surface area contributed by atoms with E-state index in [2.05, 4.69) is 29.0 Å². The monoisotopic (exact) mass is 356 g/mol. The van der Waals surface area contributed by atoms with Gasteiger partial charge in [-0.15, -0.1) is 5.10 Å². The zero-order chi connectivity index (χ0) is 17.0. The van der Waals surface area contributed by atoms with Crippen LogP contribution < -0.4 is 5.69 Å². The summed E-state index contributed by atoms with van der Waals surface area (Å²) in [5.74, 6) is 0.103. The van der Waals surface area contributed by atoms with Crippen LogP contribution in [0.15, 0.2) is 23.0 Å². The molecule has 8 heteroatoms. The second-order valence-corrected chi connectivity index (χ2v) is 6.50. The second-order valence-electron chi connectivity index (χ2n) is 5.68. The topological polar surface area (TPSA) is 81.8 Å². The molecule has 0 spiro atoms. The first-order valence-corrected chi connectivity index (χ1v) is 8.00. The Morgan fingerprint density at radius 2 is 2.04 bits per heavy atom. The van der Waals surface area contributed by atoms with E-state index in [4.69, 9.17) is 23.2 Å². The molecule has 2 N–H and O–H groups in total. The zero-order valence-electron chi connectivity index (χ0n) is 12.9. The van der Waals surface area contributed by atoms with E-state index in [1.165, 1.54) is 0 Å². The molecule has 0 radical (unpaired) electrons. The standard InChI is InChI=1S/C15H18Cl2N4O2/c1-9(2)5-6-21(14(22)13-18-15(23)20-19-13)8-10-3-4-11(16)12(17)7-10/h3-4,7,9H,5-6,8H2,1-2H3,(H2,18,19,20,23). The number of benzene rings is 1. The molecule has 0 saturated heterocycles. The second kappa shape index (κ2) is 7.66. The molecular formula is C15H18Cl2N4O2. The van der Waals surface area contributed by atoms with Gasteiger partial charge >= 0.3 is 5.69 Å². The Kier molecular flexibility index (Phi) is 5.85. The Labute approximate surface area is 143 Å². The molecule has 0 bridgehead atoms. The summed E-state index contributed by atoms with van der Waals surface area (Å²) in [6.45, 7) is 5.07. The van der Waals surface area contributed by atoms with E-state index < -0.39 is 5.69 Å². The van der Waals surface area contributed by atoms with Crippen molar-refractivity contribution in [3.8, 4) is 0 Å². The molecule has 0 fully saturated rings. The Morgan fingerprint density at radius 1 is 1.30 bits per heavy atom. The van der Waals surface area contributed by atoms with Crippen molar-refractivity contribution in [2.45, 2.75) is 26.8 Å². The first-order chi connectivity index (χ1) is 10.9. The van der Waals surface area contributed by atoms with Gasteiger partial charge in [-0.1, -0.05) is 43.1 Å². The fraction of sp³-hybridized carbons (Fsp3) is 0.400. The lowest BCUT2D eigenvalue weighted by atomic mass is 10.1. The normalized spacial score (nSPS) is 11.0. The van der Waals surface area contributed by atoms with Crippen LogP contribution in [0.5, 0.6) is 0 Å². The summed E-state index contributed by atoms with van der Waals surface area (Å²) in [4.78, 5) is 27.7. The molecule has 0 aliphatic heterocycles. The molecule has 6 nitrogen and oxygen atoms in total. The Balaban J connectivity index is 2.20. The maximum atomic E-state index is 12.5. The Morgan fingerprint density at radius 3 is 2.61 bits per heavy atom. The first kappa shape index (κ1) is 17.6. The molecule has 23 heavy (non-hydrogen) atoms. The lowest BCUT2D eigenvalue weighted by Gasteiger charge is -2.22. The third kappa shape index (κ3) is 4.84. The minimum absolute atomic E-state index is 0.00110. The Hall–Kier alpha value is -1.79. The number of halogens is 2. The van der Waals surface area contributed by atoms with Crippen LogP contribution in [0.3, 0.4) is 0 Å². The van der Waals surface area contributed by atoms with Crippen molar-refractivity contribution in [1.82, 2.24) is 20.1 Å². The number of hydrogen-bond acceptors (Lipinski definition) is 3. The van der Waals surface area contributed by atoms with Crippen molar-refractivity contribution < 1.29 is 4.79 Å². The lowest BCUT2D eigenvalue weighted by Crippen LogP contribution is -2.33. The number of carbonyl (C=O) groups excluding carboxylic acids is 1. The maximum absolute atomic E-state index is 12.5. The highest BCUT2D eigenvalue weighted by molar-refractivity contribution is 6.42. The van der Waals surface area contributed by atoms with E-state index in [9.17, 15) is 9.59 Å². The number of carbonyl (C=O) groups is 1. The summed E-state index contributed by atoms with van der Waals surface area (Å²) in [5, 5.41) is 6.81. The van der Waals surface area contributed by atoms with Crippen molar-refractivity contribution in [3.05, 3.63) is 50.1 Å². The minimum Gasteiger partial charge on any atom is -0.332 e. The van der Waals surface area contributed by atoms with Gasteiger partial charge in [0.15, 0.2) is 0 Å². The number of aromatic nitrogens is 3. The van der Waals surface area contributed by atoms with Crippen molar-refractivity contribution in [1.29, 1.82) is 0 Å². The smallest absolute Gasteiger partial charge is 0.332 e. The average molecular weight is 357 g/mol. The number of rotatable bonds is 6. The number of aromatic amines is 2. The summed E-state index contributed by atoms with van der Waals surface area (Å²) in [5.41, 5.74) is 0.348. The quantitative estimate of drug-likeness (QED) is 0.834. The molecule has 0 aliphatic rings. The average Bonchev–Trinajstić information content (AvgIpc) is 2.92. The molecule has 0 saturated carbocycles. The van der Waals surface area contributed by atoms with Crippen molar-refractivity contribution in [2.24, 2.45) is 5.92 Å². The van der Waals surface area contributed by atoms with Crippen LogP contribution in [-0.2, 0) is 6.54 Å². The molecule has 1 aromatic carbocycles. The highest BCUT2D eigenvalue weighted by atomic mass is 35.5. The predicted molar refractivity (Wildman–Crippen MR) is 89.9 cm³/mol. The van der Waals surface area contributed by atoms with Gasteiger partial charge < -0.3 is 4.90 Å². The zero-order valence-corrected chi connectivity index (χ0v) is 14.4. The van der Waals surface area contributed by atoms with Crippen LogP contribution in [0.2, 0.25) is 10.0 Å². The van der Waals surface area contributed by atoms with E-state index in [1.807, 2.05) is 6.07 Å². The molecule has 0 aliphatic carbocycles. The predicted octanol–water partition coefficient (Wildman–Crippen LogP) is 3.09. The molecule has 0 atom stereocenters. The summed E-state index contributed by atoms with van der Waals surface area (Å²) in [7, 11) is 0. The van der Waals surface area contributed by atoms with E-state index >= 15 is 0 Å². The van der Waals surface area contributed by atoms with Gasteiger partial charge in [0.05, 0.1) is 10.0 Å². The van der Waals surface area contributed by atoms with Crippen LogP contribution >= 0.6 is 23.2 Å². The molecule has 124 valence electrons.